The molecular formula is C34H26N4OPt. The van der Waals surface area contributed by atoms with Gasteiger partial charge in [0.2, 0.25) is 0 Å². The van der Waals surface area contributed by atoms with Gasteiger partial charge in [-0.15, -0.1) is 0 Å². The first kappa shape index (κ1) is 22.6. The van der Waals surface area contributed by atoms with Gasteiger partial charge in [-0.05, 0) is 0 Å². The first-order valence-corrected chi connectivity index (χ1v) is 15.9. The van der Waals surface area contributed by atoms with Gasteiger partial charge in [0.05, 0.1) is 0 Å². The molecule has 0 fully saturated rings. The van der Waals surface area contributed by atoms with Gasteiger partial charge < -0.3 is 0 Å². The van der Waals surface area contributed by atoms with Crippen molar-refractivity contribution in [3.63, 3.8) is 0 Å². The van der Waals surface area contributed by atoms with Crippen LogP contribution in [0.15, 0.2) is 122 Å². The number of hydrogen-bond acceptors (Lipinski definition) is 5. The van der Waals surface area contributed by atoms with Crippen molar-refractivity contribution in [3.8, 4) is 22.6 Å². The van der Waals surface area contributed by atoms with Gasteiger partial charge in [-0.2, -0.15) is 0 Å². The Hall–Kier alpha value is -4.21. The minimum atomic E-state index is -0.528. The molecule has 6 heteroatoms. The standard InChI is InChI=1S/C34H26N4O.Pt/c1-3-13-32-30(11-1)31-12-2-4-14-33(31)34(32)27-8-6-10-29(22-27)39-28-9-5-7-26(21-28)23-37-18-17-35(24-37)15-16-36-19-20-38(34)25-36;/h1-14,17-22H,15-16,23H2;. The molecule has 1 aliphatic carbocycles. The van der Waals surface area contributed by atoms with E-state index in [9.17, 15) is 0 Å². The second-order valence-electron chi connectivity index (χ2n) is 10.6. The second kappa shape index (κ2) is 8.39. The quantitative estimate of drug-likeness (QED) is 0.234. The zero-order valence-electron chi connectivity index (χ0n) is 21.7. The van der Waals surface area contributed by atoms with Crippen molar-refractivity contribution < 1.29 is 22.4 Å². The van der Waals surface area contributed by atoms with Gasteiger partial charge in [-0.1, -0.05) is 0 Å². The van der Waals surface area contributed by atoms with Crippen LogP contribution < -0.4 is 4.74 Å². The van der Waals surface area contributed by atoms with E-state index >= 15 is 0 Å². The van der Waals surface area contributed by atoms with E-state index in [2.05, 4.69) is 141 Å². The van der Waals surface area contributed by atoms with Gasteiger partial charge in [0.25, 0.3) is 0 Å². The predicted molar refractivity (Wildman–Crippen MR) is 154 cm³/mol. The van der Waals surface area contributed by atoms with Crippen LogP contribution in [0.2, 0.25) is 0 Å². The number of nitrogens with zero attached hydrogens (tertiary/aromatic N) is 4. The van der Waals surface area contributed by atoms with E-state index in [4.69, 9.17) is 4.74 Å². The normalized spacial score (nSPS) is 19.2. The van der Waals surface area contributed by atoms with Gasteiger partial charge in [-0.25, -0.2) is 0 Å². The zero-order valence-corrected chi connectivity index (χ0v) is 24.0. The summed E-state index contributed by atoms with van der Waals surface area (Å²) < 4.78 is 9.40. The zero-order chi connectivity index (χ0) is 26.3. The molecule has 0 aromatic heterocycles. The molecule has 4 aromatic carbocycles. The van der Waals surface area contributed by atoms with Crippen LogP contribution in [0, 0.1) is 0 Å². The third kappa shape index (κ3) is 3.07. The Labute approximate surface area is 241 Å². The summed E-state index contributed by atoms with van der Waals surface area (Å²) in [7, 11) is 0. The number of rotatable bonds is 0. The maximum atomic E-state index is 6.56. The van der Waals surface area contributed by atoms with E-state index in [0.717, 1.165) is 31.1 Å². The molecule has 5 nitrogen and oxygen atoms in total. The van der Waals surface area contributed by atoms with E-state index in [1.165, 1.54) is 41.7 Å². The Balaban J connectivity index is 1.40. The molecule has 9 rings (SSSR count). The summed E-state index contributed by atoms with van der Waals surface area (Å²) in [5.41, 5.74) is 7.19. The van der Waals surface area contributed by atoms with Crippen LogP contribution in [0.4, 0.5) is 0 Å². The first-order chi connectivity index (χ1) is 19.8. The number of ether oxygens (including phenoxy) is 1. The van der Waals surface area contributed by atoms with Crippen LogP contribution in [-0.2, 0) is 29.7 Å². The third-order valence-corrected chi connectivity index (χ3v) is 11.9. The van der Waals surface area contributed by atoms with Gasteiger partial charge in [-0.3, -0.25) is 0 Å². The Kier molecular flexibility index (Phi) is 4.74. The number of fused-ring (bicyclic) bond motifs is 11. The SMILES string of the molecule is C1=CN2Cc3cccc(c3)Oc3cccc(c3)C3(c4ccccc4-c4ccccc43)N3C=CN4CCN1[C]2=[Pt]=[C]43. The summed E-state index contributed by atoms with van der Waals surface area (Å²) >= 11 is -0.528. The maximum absolute atomic E-state index is 6.56. The monoisotopic (exact) mass is 701 g/mol. The van der Waals surface area contributed by atoms with E-state index in [1.807, 2.05) is 0 Å². The Bertz CT molecular complexity index is 1810. The van der Waals surface area contributed by atoms with Crippen LogP contribution in [0.1, 0.15) is 22.3 Å². The van der Waals surface area contributed by atoms with Crippen molar-refractivity contribution in [2.24, 2.45) is 0 Å². The molecule has 0 saturated carbocycles. The fourth-order valence-corrected chi connectivity index (χ4v) is 10.2. The predicted octanol–water partition coefficient (Wildman–Crippen LogP) is 5.71. The molecule has 4 heterocycles. The molecule has 5 aliphatic rings. The summed E-state index contributed by atoms with van der Waals surface area (Å²) in [5, 5.41) is 0. The molecular weight excluding hydrogens is 675 g/mol. The fourth-order valence-electron chi connectivity index (χ4n) is 6.71. The molecule has 1 spiro atoms. The van der Waals surface area contributed by atoms with Crippen LogP contribution in [0.25, 0.3) is 11.1 Å². The second-order valence-corrected chi connectivity index (χ2v) is 13.2. The van der Waals surface area contributed by atoms with E-state index < -0.39 is 23.2 Å². The average molecular weight is 702 g/mol. The Morgan fingerprint density at radius 3 is 2.05 bits per heavy atom. The van der Waals surface area contributed by atoms with Crippen molar-refractivity contribution in [2.75, 3.05) is 13.1 Å². The van der Waals surface area contributed by atoms with Crippen LogP contribution in [-0.4, -0.2) is 41.0 Å². The summed E-state index contributed by atoms with van der Waals surface area (Å²) in [6.07, 6.45) is 9.16. The molecule has 198 valence electrons. The molecule has 0 N–H and O–H groups in total. The molecule has 4 aromatic rings. The molecule has 0 atom stereocenters. The molecule has 6 bridgehead atoms. The van der Waals surface area contributed by atoms with Crippen LogP contribution in [0.5, 0.6) is 11.5 Å². The summed E-state index contributed by atoms with van der Waals surface area (Å²) in [4.78, 5) is 10.0. The Morgan fingerprint density at radius 1 is 0.600 bits per heavy atom. The van der Waals surface area contributed by atoms with Gasteiger partial charge >= 0.3 is 242 Å². The molecule has 0 unspecified atom stereocenters. The van der Waals surface area contributed by atoms with Crippen molar-refractivity contribution >= 4 is 8.29 Å². The van der Waals surface area contributed by atoms with E-state index in [-0.39, 0.29) is 0 Å². The van der Waals surface area contributed by atoms with Crippen molar-refractivity contribution in [1.82, 2.24) is 19.6 Å². The third-order valence-electron chi connectivity index (χ3n) is 8.41. The topological polar surface area (TPSA) is 22.2 Å². The minimum absolute atomic E-state index is 0.508. The van der Waals surface area contributed by atoms with Crippen molar-refractivity contribution in [1.29, 1.82) is 0 Å². The average Bonchev–Trinajstić information content (AvgIpc) is 3.61. The van der Waals surface area contributed by atoms with Crippen molar-refractivity contribution in [3.05, 3.63) is 144 Å². The summed E-state index contributed by atoms with van der Waals surface area (Å²) in [5.74, 6) is 1.72. The van der Waals surface area contributed by atoms with Crippen LogP contribution in [0.3, 0.4) is 0 Å². The van der Waals surface area contributed by atoms with E-state index in [1.54, 1.807) is 0 Å². The fraction of sp³-hybridized carbons (Fsp3) is 0.118. The van der Waals surface area contributed by atoms with Gasteiger partial charge in [0.1, 0.15) is 0 Å². The molecule has 0 saturated heterocycles. The van der Waals surface area contributed by atoms with Crippen LogP contribution >= 0.6 is 0 Å². The van der Waals surface area contributed by atoms with Gasteiger partial charge in [0.15, 0.2) is 0 Å². The summed E-state index contributed by atoms with van der Waals surface area (Å²) in [6, 6.07) is 35.2. The Morgan fingerprint density at radius 2 is 1.25 bits per heavy atom. The molecule has 40 heavy (non-hydrogen) atoms. The molecule has 0 radical (unpaired) electrons. The van der Waals surface area contributed by atoms with Crippen molar-refractivity contribution in [2.45, 2.75) is 12.1 Å². The van der Waals surface area contributed by atoms with Gasteiger partial charge in [0, 0.05) is 0 Å². The van der Waals surface area contributed by atoms with E-state index in [0.29, 0.717) is 0 Å². The number of benzene rings is 4. The molecule has 4 aliphatic heterocycles. The summed E-state index contributed by atoms with van der Waals surface area (Å²) in [6.45, 7) is 2.77. The number of hydrogen-bond donors (Lipinski definition) is 0. The molecule has 0 amide bonds. The first-order valence-electron chi connectivity index (χ1n) is 13.6.